The Bertz CT molecular complexity index is 827. The molecular weight excluding hydrogens is 392 g/mol. The van der Waals surface area contributed by atoms with Gasteiger partial charge in [-0.3, -0.25) is 4.79 Å². The summed E-state index contributed by atoms with van der Waals surface area (Å²) in [6, 6.07) is 1.68. The molecule has 1 saturated carbocycles. The van der Waals surface area contributed by atoms with Crippen LogP contribution in [0.15, 0.2) is 10.6 Å². The molecule has 0 unspecified atom stereocenters. The van der Waals surface area contributed by atoms with Crippen LogP contribution >= 0.6 is 0 Å². The molecule has 8 nitrogen and oxygen atoms in total. The zero-order valence-electron chi connectivity index (χ0n) is 17.3. The molecule has 0 aromatic carbocycles. The topological polar surface area (TPSA) is 95.8 Å². The summed E-state index contributed by atoms with van der Waals surface area (Å²) in [7, 11) is -1.18. The number of hydrogen-bond donors (Lipinski definition) is 1. The van der Waals surface area contributed by atoms with Crippen molar-refractivity contribution in [1.82, 2.24) is 19.7 Å². The summed E-state index contributed by atoms with van der Waals surface area (Å²) in [4.78, 5) is 14.8. The Labute approximate surface area is 173 Å². The van der Waals surface area contributed by atoms with Gasteiger partial charge in [0.25, 0.3) is 5.91 Å². The minimum atomic E-state index is -3.26. The quantitative estimate of drug-likeness (QED) is 0.746. The molecule has 3 aliphatic rings. The van der Waals surface area contributed by atoms with Crippen molar-refractivity contribution in [1.29, 1.82) is 0 Å². The standard InChI is InChI=1S/C20H32N4O4S/c1-14-12-24(29(26,27)13-15-5-8-23(2)9-6-15)10-7-17(14)21-20(25)18-11-19(28-22-18)16-3-4-16/h11,14-17H,3-10,12-13H2,1-2H3,(H,21,25)/t14-,17+/m0/s1. The molecule has 162 valence electrons. The van der Waals surface area contributed by atoms with Gasteiger partial charge in [-0.1, -0.05) is 12.1 Å². The highest BCUT2D eigenvalue weighted by molar-refractivity contribution is 7.89. The molecule has 29 heavy (non-hydrogen) atoms. The van der Waals surface area contributed by atoms with Crippen molar-refractivity contribution in [3.05, 3.63) is 17.5 Å². The van der Waals surface area contributed by atoms with E-state index in [1.165, 1.54) is 0 Å². The average Bonchev–Trinajstić information content (AvgIpc) is 3.41. The molecule has 3 heterocycles. The van der Waals surface area contributed by atoms with Crippen molar-refractivity contribution in [2.45, 2.75) is 51.0 Å². The van der Waals surface area contributed by atoms with Crippen molar-refractivity contribution in [2.24, 2.45) is 11.8 Å². The van der Waals surface area contributed by atoms with E-state index < -0.39 is 10.0 Å². The first kappa shape index (κ1) is 20.8. The second kappa shape index (κ2) is 8.35. The number of amides is 1. The molecule has 9 heteroatoms. The molecule has 2 aliphatic heterocycles. The first-order valence-corrected chi connectivity index (χ1v) is 12.4. The SMILES string of the molecule is C[C@H]1CN(S(=O)(=O)CC2CCN(C)CC2)CC[C@H]1NC(=O)c1cc(C2CC2)on1. The van der Waals surface area contributed by atoms with Crippen LogP contribution in [-0.2, 0) is 10.0 Å². The molecule has 0 bridgehead atoms. The van der Waals surface area contributed by atoms with E-state index in [4.69, 9.17) is 4.52 Å². The Morgan fingerprint density at radius 3 is 2.59 bits per heavy atom. The third-order valence-electron chi connectivity index (χ3n) is 6.60. The molecule has 1 amide bonds. The van der Waals surface area contributed by atoms with Gasteiger partial charge in [-0.25, -0.2) is 12.7 Å². The number of rotatable bonds is 6. The van der Waals surface area contributed by atoms with E-state index in [1.807, 2.05) is 6.92 Å². The smallest absolute Gasteiger partial charge is 0.273 e. The van der Waals surface area contributed by atoms with Crippen LogP contribution in [0.25, 0.3) is 0 Å². The van der Waals surface area contributed by atoms with Crippen molar-refractivity contribution < 1.29 is 17.7 Å². The van der Waals surface area contributed by atoms with E-state index in [9.17, 15) is 13.2 Å². The van der Waals surface area contributed by atoms with E-state index in [2.05, 4.69) is 22.4 Å². The van der Waals surface area contributed by atoms with Gasteiger partial charge in [0.2, 0.25) is 10.0 Å². The summed E-state index contributed by atoms with van der Waals surface area (Å²) in [5, 5.41) is 6.92. The van der Waals surface area contributed by atoms with E-state index in [1.54, 1.807) is 10.4 Å². The molecule has 0 spiro atoms. The van der Waals surface area contributed by atoms with Gasteiger partial charge < -0.3 is 14.7 Å². The van der Waals surface area contributed by atoms with E-state index >= 15 is 0 Å². The number of aromatic nitrogens is 1. The van der Waals surface area contributed by atoms with Crippen LogP contribution < -0.4 is 5.32 Å². The summed E-state index contributed by atoms with van der Waals surface area (Å²) in [6.07, 6.45) is 4.69. The lowest BCUT2D eigenvalue weighted by atomic mass is 9.95. The zero-order valence-corrected chi connectivity index (χ0v) is 18.2. The maximum Gasteiger partial charge on any atom is 0.273 e. The van der Waals surface area contributed by atoms with Gasteiger partial charge in [0.1, 0.15) is 5.76 Å². The Kier molecular flexibility index (Phi) is 5.99. The van der Waals surface area contributed by atoms with Crippen LogP contribution in [0, 0.1) is 11.8 Å². The highest BCUT2D eigenvalue weighted by Gasteiger charge is 2.36. The molecule has 1 aromatic heterocycles. The second-order valence-corrected chi connectivity index (χ2v) is 11.1. The maximum absolute atomic E-state index is 12.9. The largest absolute Gasteiger partial charge is 0.360 e. The van der Waals surface area contributed by atoms with E-state index in [-0.39, 0.29) is 29.5 Å². The van der Waals surface area contributed by atoms with E-state index in [0.29, 0.717) is 31.1 Å². The van der Waals surface area contributed by atoms with Crippen LogP contribution in [0.2, 0.25) is 0 Å². The normalized spacial score (nSPS) is 27.8. The minimum Gasteiger partial charge on any atom is -0.360 e. The van der Waals surface area contributed by atoms with Gasteiger partial charge in [0, 0.05) is 31.1 Å². The zero-order chi connectivity index (χ0) is 20.6. The summed E-state index contributed by atoms with van der Waals surface area (Å²) in [5.41, 5.74) is 0.316. The number of nitrogens with one attached hydrogen (secondary N) is 1. The lowest BCUT2D eigenvalue weighted by Crippen LogP contribution is -2.52. The van der Waals surface area contributed by atoms with Crippen LogP contribution in [0.3, 0.4) is 0 Å². The van der Waals surface area contributed by atoms with Gasteiger partial charge >= 0.3 is 0 Å². The Balaban J connectivity index is 1.29. The predicted octanol–water partition coefficient (Wildman–Crippen LogP) is 1.66. The average molecular weight is 425 g/mol. The molecule has 2 atom stereocenters. The molecule has 1 N–H and O–H groups in total. The third kappa shape index (κ3) is 5.00. The van der Waals surface area contributed by atoms with Crippen molar-refractivity contribution in [3.8, 4) is 0 Å². The molecule has 3 fully saturated rings. The van der Waals surface area contributed by atoms with Crippen LogP contribution in [0.1, 0.15) is 61.2 Å². The molecular formula is C20H32N4O4S. The summed E-state index contributed by atoms with van der Waals surface area (Å²) >= 11 is 0. The Morgan fingerprint density at radius 1 is 1.21 bits per heavy atom. The number of sulfonamides is 1. The number of nitrogens with zero attached hydrogens (tertiary/aromatic N) is 3. The molecule has 4 rings (SSSR count). The van der Waals surface area contributed by atoms with Crippen LogP contribution in [0.5, 0.6) is 0 Å². The summed E-state index contributed by atoms with van der Waals surface area (Å²) < 4.78 is 32.7. The number of carbonyl (C=O) groups excluding carboxylic acids is 1. The Morgan fingerprint density at radius 2 is 1.93 bits per heavy atom. The lowest BCUT2D eigenvalue weighted by Gasteiger charge is -2.37. The van der Waals surface area contributed by atoms with Gasteiger partial charge in [-0.2, -0.15) is 0 Å². The fourth-order valence-corrected chi connectivity index (χ4v) is 6.39. The van der Waals surface area contributed by atoms with Gasteiger partial charge in [-0.15, -0.1) is 0 Å². The van der Waals surface area contributed by atoms with Gasteiger partial charge in [0.15, 0.2) is 5.69 Å². The number of likely N-dealkylation sites (tertiary alicyclic amines) is 1. The van der Waals surface area contributed by atoms with Gasteiger partial charge in [0.05, 0.1) is 5.75 Å². The molecule has 1 aliphatic carbocycles. The first-order chi connectivity index (χ1) is 13.8. The van der Waals surface area contributed by atoms with Gasteiger partial charge in [-0.05, 0) is 64.1 Å². The number of piperidine rings is 2. The van der Waals surface area contributed by atoms with Crippen LogP contribution in [0.4, 0.5) is 0 Å². The number of carbonyl (C=O) groups is 1. The van der Waals surface area contributed by atoms with Crippen molar-refractivity contribution in [3.63, 3.8) is 0 Å². The summed E-state index contributed by atoms with van der Waals surface area (Å²) in [6.45, 7) is 4.84. The van der Waals surface area contributed by atoms with Crippen molar-refractivity contribution in [2.75, 3.05) is 39.0 Å². The second-order valence-electron chi connectivity index (χ2n) is 9.12. The third-order valence-corrected chi connectivity index (χ3v) is 8.61. The Hall–Kier alpha value is -1.45. The minimum absolute atomic E-state index is 0.0507. The summed E-state index contributed by atoms with van der Waals surface area (Å²) in [5.74, 6) is 1.51. The highest BCUT2D eigenvalue weighted by Crippen LogP contribution is 2.40. The highest BCUT2D eigenvalue weighted by atomic mass is 32.2. The van der Waals surface area contributed by atoms with E-state index in [0.717, 1.165) is 44.5 Å². The fraction of sp³-hybridized carbons (Fsp3) is 0.800. The number of hydrogen-bond acceptors (Lipinski definition) is 6. The predicted molar refractivity (Wildman–Crippen MR) is 109 cm³/mol. The fourth-order valence-electron chi connectivity index (χ4n) is 4.41. The van der Waals surface area contributed by atoms with Crippen molar-refractivity contribution >= 4 is 15.9 Å². The molecule has 2 saturated heterocycles. The maximum atomic E-state index is 12.9. The molecule has 0 radical (unpaired) electrons. The van der Waals surface area contributed by atoms with Crippen LogP contribution in [-0.4, -0.2) is 73.7 Å². The lowest BCUT2D eigenvalue weighted by molar-refractivity contribution is 0.0891. The molecule has 1 aromatic rings. The monoisotopic (exact) mass is 424 g/mol. The first-order valence-electron chi connectivity index (χ1n) is 10.8.